The van der Waals surface area contributed by atoms with Gasteiger partial charge in [-0.2, -0.15) is 0 Å². The maximum atomic E-state index is 13.3. The van der Waals surface area contributed by atoms with Crippen molar-refractivity contribution in [1.29, 1.82) is 0 Å². The number of nitrogens with one attached hydrogen (secondary N) is 1. The van der Waals surface area contributed by atoms with Crippen LogP contribution in [0.2, 0.25) is 0 Å². The van der Waals surface area contributed by atoms with Crippen LogP contribution in [0, 0.1) is 12.3 Å². The summed E-state index contributed by atoms with van der Waals surface area (Å²) >= 11 is 0. The summed E-state index contributed by atoms with van der Waals surface area (Å²) in [4.78, 5) is 29.7. The topological polar surface area (TPSA) is 85.4 Å². The summed E-state index contributed by atoms with van der Waals surface area (Å²) < 4.78 is 5.73. The average Bonchev–Trinajstić information content (AvgIpc) is 3.20. The Morgan fingerprint density at radius 1 is 1.28 bits per heavy atom. The fraction of sp³-hybridized carbons (Fsp3) is 0.524. The summed E-state index contributed by atoms with van der Waals surface area (Å²) in [5, 5.41) is 11.3. The van der Waals surface area contributed by atoms with Crippen LogP contribution in [-0.4, -0.2) is 82.8 Å². The molecule has 154 valence electrons. The number of benzene rings is 1. The number of amides is 2. The normalized spacial score (nSPS) is 27.8. The minimum atomic E-state index is -0.604. The van der Waals surface area contributed by atoms with Crippen molar-refractivity contribution in [2.24, 2.45) is 0 Å². The number of rotatable bonds is 5. The molecule has 3 aliphatic heterocycles. The molecule has 8 heteroatoms. The zero-order valence-electron chi connectivity index (χ0n) is 16.3. The van der Waals surface area contributed by atoms with Crippen molar-refractivity contribution in [2.75, 3.05) is 32.8 Å². The number of phenols is 1. The molecule has 29 heavy (non-hydrogen) atoms. The predicted octanol–water partition coefficient (Wildman–Crippen LogP) is -0.0674. The lowest BCUT2D eigenvalue weighted by Gasteiger charge is -2.50. The number of ether oxygens (including phenoxy) is 1. The van der Waals surface area contributed by atoms with Crippen molar-refractivity contribution in [1.82, 2.24) is 20.2 Å². The minimum Gasteiger partial charge on any atom is -0.508 e. The van der Waals surface area contributed by atoms with E-state index in [1.165, 1.54) is 0 Å². The van der Waals surface area contributed by atoms with Gasteiger partial charge in [-0.15, -0.1) is 6.42 Å². The fourth-order valence-corrected chi connectivity index (χ4v) is 4.34. The molecule has 3 aliphatic rings. The van der Waals surface area contributed by atoms with Crippen LogP contribution in [0.15, 0.2) is 24.3 Å². The molecule has 1 unspecified atom stereocenters. The first-order valence-electron chi connectivity index (χ1n) is 9.99. The molecule has 0 aliphatic carbocycles. The van der Waals surface area contributed by atoms with Gasteiger partial charge in [-0.05, 0) is 30.5 Å². The van der Waals surface area contributed by atoms with Gasteiger partial charge in [0.1, 0.15) is 18.0 Å². The van der Waals surface area contributed by atoms with E-state index in [9.17, 15) is 14.7 Å². The second kappa shape index (κ2) is 8.41. The highest BCUT2D eigenvalue weighted by Crippen LogP contribution is 2.25. The van der Waals surface area contributed by atoms with E-state index in [0.29, 0.717) is 26.1 Å². The van der Waals surface area contributed by atoms with Crippen molar-refractivity contribution >= 4 is 11.8 Å². The second-order valence-corrected chi connectivity index (χ2v) is 7.77. The van der Waals surface area contributed by atoms with Gasteiger partial charge >= 0.3 is 0 Å². The number of hydrogen-bond donors (Lipinski definition) is 2. The number of hydrazine groups is 1. The Bertz CT molecular complexity index is 800. The first-order valence-corrected chi connectivity index (χ1v) is 9.99. The number of hydrogen-bond acceptors (Lipinski definition) is 6. The van der Waals surface area contributed by atoms with Gasteiger partial charge in [-0.3, -0.25) is 9.59 Å². The van der Waals surface area contributed by atoms with Gasteiger partial charge in [-0.25, -0.2) is 10.4 Å². The number of terminal acetylenes is 1. The molecular weight excluding hydrogens is 372 g/mol. The molecule has 0 aromatic heterocycles. The first kappa shape index (κ1) is 19.7. The average molecular weight is 398 g/mol. The van der Waals surface area contributed by atoms with Crippen LogP contribution < -0.4 is 5.43 Å². The molecular formula is C21H26N4O4. The SMILES string of the molecule is C#CCN1CC(=O)N2[C@H](CN(CC3CCCO3)C(=O)[C@@H]2Cc2ccc(O)cc2)N1. The monoisotopic (exact) mass is 398 g/mol. The number of phenolic OH excluding ortho intramolecular Hbond substituents is 1. The van der Waals surface area contributed by atoms with E-state index in [1.807, 2.05) is 4.90 Å². The number of carbonyl (C=O) groups excluding carboxylic acids is 2. The summed E-state index contributed by atoms with van der Waals surface area (Å²) in [6, 6.07) is 6.14. The van der Waals surface area contributed by atoms with E-state index in [4.69, 9.17) is 11.2 Å². The number of carbonyl (C=O) groups is 2. The number of fused-ring (bicyclic) bond motifs is 1. The van der Waals surface area contributed by atoms with Gasteiger partial charge in [0, 0.05) is 19.6 Å². The van der Waals surface area contributed by atoms with Crippen LogP contribution in [0.5, 0.6) is 5.75 Å². The molecule has 3 fully saturated rings. The molecule has 1 aromatic carbocycles. The van der Waals surface area contributed by atoms with Crippen molar-refractivity contribution in [3.63, 3.8) is 0 Å². The molecule has 0 bridgehead atoms. The van der Waals surface area contributed by atoms with Gasteiger partial charge < -0.3 is 19.6 Å². The third-order valence-corrected chi connectivity index (χ3v) is 5.70. The highest BCUT2D eigenvalue weighted by molar-refractivity contribution is 5.90. The molecule has 0 spiro atoms. The number of nitrogens with zero attached hydrogens (tertiary/aromatic N) is 3. The lowest BCUT2D eigenvalue weighted by Crippen LogP contribution is -2.74. The smallest absolute Gasteiger partial charge is 0.245 e. The van der Waals surface area contributed by atoms with Crippen LogP contribution >= 0.6 is 0 Å². The molecule has 3 heterocycles. The van der Waals surface area contributed by atoms with E-state index in [1.54, 1.807) is 34.2 Å². The largest absolute Gasteiger partial charge is 0.508 e. The van der Waals surface area contributed by atoms with E-state index < -0.39 is 6.04 Å². The third-order valence-electron chi connectivity index (χ3n) is 5.70. The van der Waals surface area contributed by atoms with Crippen molar-refractivity contribution in [3.05, 3.63) is 29.8 Å². The zero-order valence-corrected chi connectivity index (χ0v) is 16.3. The maximum Gasteiger partial charge on any atom is 0.245 e. The quantitative estimate of drug-likeness (QED) is 0.676. The third kappa shape index (κ3) is 4.22. The highest BCUT2D eigenvalue weighted by Gasteiger charge is 2.46. The molecule has 0 radical (unpaired) electrons. The Kier molecular flexibility index (Phi) is 5.72. The summed E-state index contributed by atoms with van der Waals surface area (Å²) in [5.41, 5.74) is 4.20. The number of piperazine rings is 1. The Balaban J connectivity index is 1.58. The second-order valence-electron chi connectivity index (χ2n) is 7.77. The predicted molar refractivity (Wildman–Crippen MR) is 105 cm³/mol. The molecule has 3 atom stereocenters. The van der Waals surface area contributed by atoms with Crippen LogP contribution in [0.25, 0.3) is 0 Å². The Morgan fingerprint density at radius 3 is 2.76 bits per heavy atom. The van der Waals surface area contributed by atoms with Crippen LogP contribution in [0.3, 0.4) is 0 Å². The minimum absolute atomic E-state index is 0.0425. The number of aromatic hydroxyl groups is 1. The van der Waals surface area contributed by atoms with E-state index in [2.05, 4.69) is 11.3 Å². The Labute approximate surface area is 170 Å². The van der Waals surface area contributed by atoms with Gasteiger partial charge in [0.15, 0.2) is 0 Å². The van der Waals surface area contributed by atoms with Gasteiger partial charge in [0.25, 0.3) is 0 Å². The molecule has 1 aromatic rings. The molecule has 0 saturated carbocycles. The van der Waals surface area contributed by atoms with E-state index in [0.717, 1.165) is 25.0 Å². The van der Waals surface area contributed by atoms with Crippen molar-refractivity contribution < 1.29 is 19.4 Å². The van der Waals surface area contributed by atoms with E-state index >= 15 is 0 Å². The Hall–Kier alpha value is -2.60. The van der Waals surface area contributed by atoms with Crippen LogP contribution in [-0.2, 0) is 20.7 Å². The van der Waals surface area contributed by atoms with Gasteiger partial charge in [-0.1, -0.05) is 18.1 Å². The van der Waals surface area contributed by atoms with Crippen molar-refractivity contribution in [3.8, 4) is 18.1 Å². The molecule has 8 nitrogen and oxygen atoms in total. The summed E-state index contributed by atoms with van der Waals surface area (Å²) in [5.74, 6) is 2.55. The summed E-state index contributed by atoms with van der Waals surface area (Å²) in [6.07, 6.45) is 7.47. The maximum absolute atomic E-state index is 13.3. The highest BCUT2D eigenvalue weighted by atomic mass is 16.5. The van der Waals surface area contributed by atoms with Crippen molar-refractivity contribution in [2.45, 2.75) is 37.6 Å². The molecule has 2 N–H and O–H groups in total. The lowest BCUT2D eigenvalue weighted by atomic mass is 9.98. The molecule has 3 saturated heterocycles. The first-order chi connectivity index (χ1) is 14.0. The summed E-state index contributed by atoms with van der Waals surface area (Å²) in [7, 11) is 0. The Morgan fingerprint density at radius 2 is 2.07 bits per heavy atom. The van der Waals surface area contributed by atoms with Gasteiger partial charge in [0.05, 0.1) is 25.7 Å². The fourth-order valence-electron chi connectivity index (χ4n) is 4.34. The standard InChI is InChI=1S/C21H26N4O4/c1-2-9-24-14-20(27)25-18(11-15-5-7-16(26)8-6-15)21(28)23(13-19(25)22-24)12-17-4-3-10-29-17/h1,5-8,17-19,22,26H,3-4,9-14H2/t17?,18-,19+/m0/s1. The van der Waals surface area contributed by atoms with Crippen LogP contribution in [0.1, 0.15) is 18.4 Å². The van der Waals surface area contributed by atoms with E-state index in [-0.39, 0.29) is 36.4 Å². The lowest BCUT2D eigenvalue weighted by molar-refractivity contribution is -0.168. The zero-order chi connectivity index (χ0) is 20.4. The molecule has 2 amide bonds. The molecule has 4 rings (SSSR count). The van der Waals surface area contributed by atoms with Crippen LogP contribution in [0.4, 0.5) is 0 Å². The van der Waals surface area contributed by atoms with Gasteiger partial charge in [0.2, 0.25) is 11.8 Å². The summed E-state index contributed by atoms with van der Waals surface area (Å²) in [6.45, 7) is 2.11.